The van der Waals surface area contributed by atoms with Crippen LogP contribution >= 0.6 is 27.5 Å². The zero-order valence-corrected chi connectivity index (χ0v) is 16.9. The molecule has 1 amide bonds. The number of amides is 1. The number of carbonyl (C=O) groups is 1. The molecule has 0 fully saturated rings. The Morgan fingerprint density at radius 1 is 1.38 bits per heavy atom. The molecule has 0 bridgehead atoms. The van der Waals surface area contributed by atoms with Crippen LogP contribution in [0.4, 0.5) is 9.18 Å². The lowest BCUT2D eigenvalue weighted by molar-refractivity contribution is 0.0479. The molecule has 1 rings (SSSR count). The second-order valence-corrected chi connectivity index (χ2v) is 8.31. The Balaban J connectivity index is 2.75. The number of nitrogens with one attached hydrogen (secondary N) is 1. The predicted octanol–water partition coefficient (Wildman–Crippen LogP) is 5.56. The first-order valence-electron chi connectivity index (χ1n) is 7.74. The topological polar surface area (TPSA) is 47.6 Å². The lowest BCUT2D eigenvalue weighted by Gasteiger charge is -2.25. The van der Waals surface area contributed by atoms with Gasteiger partial charge in [0.25, 0.3) is 0 Å². The maximum atomic E-state index is 14.0. The van der Waals surface area contributed by atoms with E-state index in [0.29, 0.717) is 16.8 Å². The molecular weight excluding hydrogens is 401 g/mol. The van der Waals surface area contributed by atoms with Gasteiger partial charge in [0, 0.05) is 4.47 Å². The molecule has 0 saturated heterocycles. The summed E-state index contributed by atoms with van der Waals surface area (Å²) in [5, 5.41) is 2.93. The standard InChI is InChI=1S/C17H24BrClFNO3/c1-10(2)6-12(21-16(22)24-17(3,4)5)9-23-15-13(19)7-11(18)8-14(15)20/h7-8,10,12H,6,9H2,1-5H3,(H,21,22). The minimum absolute atomic E-state index is 0.0281. The van der Waals surface area contributed by atoms with Gasteiger partial charge in [-0.25, -0.2) is 9.18 Å². The van der Waals surface area contributed by atoms with E-state index in [1.165, 1.54) is 6.07 Å². The molecule has 0 aliphatic carbocycles. The van der Waals surface area contributed by atoms with Crippen molar-refractivity contribution in [3.05, 3.63) is 27.4 Å². The fraction of sp³-hybridized carbons (Fsp3) is 0.588. The van der Waals surface area contributed by atoms with E-state index < -0.39 is 17.5 Å². The summed E-state index contributed by atoms with van der Waals surface area (Å²) in [7, 11) is 0. The summed E-state index contributed by atoms with van der Waals surface area (Å²) in [5.41, 5.74) is -0.589. The SMILES string of the molecule is CC(C)CC(COc1c(F)cc(Br)cc1Cl)NC(=O)OC(C)(C)C. The second kappa shape index (κ2) is 8.90. The Morgan fingerprint density at radius 3 is 2.50 bits per heavy atom. The van der Waals surface area contributed by atoms with Crippen LogP contribution in [0.1, 0.15) is 41.0 Å². The van der Waals surface area contributed by atoms with Crippen LogP contribution in [0.5, 0.6) is 5.75 Å². The van der Waals surface area contributed by atoms with E-state index in [4.69, 9.17) is 21.1 Å². The molecule has 0 aromatic heterocycles. The summed E-state index contributed by atoms with van der Waals surface area (Å²) in [6, 6.07) is 2.51. The van der Waals surface area contributed by atoms with Crippen LogP contribution in [-0.2, 0) is 4.74 Å². The van der Waals surface area contributed by atoms with E-state index in [9.17, 15) is 9.18 Å². The molecule has 0 saturated carbocycles. The molecule has 1 N–H and O–H groups in total. The van der Waals surface area contributed by atoms with Gasteiger partial charge in [0.2, 0.25) is 0 Å². The molecule has 4 nitrogen and oxygen atoms in total. The average molecular weight is 425 g/mol. The van der Waals surface area contributed by atoms with Crippen molar-refractivity contribution in [2.75, 3.05) is 6.61 Å². The highest BCUT2D eigenvalue weighted by Crippen LogP contribution is 2.31. The highest BCUT2D eigenvalue weighted by Gasteiger charge is 2.21. The smallest absolute Gasteiger partial charge is 0.407 e. The molecule has 1 aromatic carbocycles. The van der Waals surface area contributed by atoms with Gasteiger partial charge in [-0.2, -0.15) is 0 Å². The van der Waals surface area contributed by atoms with E-state index >= 15 is 0 Å². The van der Waals surface area contributed by atoms with Gasteiger partial charge in [-0.1, -0.05) is 41.4 Å². The minimum atomic E-state index is -0.589. The van der Waals surface area contributed by atoms with Crippen LogP contribution in [0.3, 0.4) is 0 Å². The molecule has 24 heavy (non-hydrogen) atoms. The molecular formula is C17H24BrClFNO3. The fourth-order valence-corrected chi connectivity index (χ4v) is 2.89. The van der Waals surface area contributed by atoms with Crippen molar-refractivity contribution in [2.24, 2.45) is 5.92 Å². The summed E-state index contributed by atoms with van der Waals surface area (Å²) in [5.74, 6) is -0.270. The largest absolute Gasteiger partial charge is 0.487 e. The molecule has 0 spiro atoms. The zero-order valence-electron chi connectivity index (χ0n) is 14.6. The van der Waals surface area contributed by atoms with Crippen molar-refractivity contribution < 1.29 is 18.7 Å². The van der Waals surface area contributed by atoms with Gasteiger partial charge in [-0.05, 0) is 45.2 Å². The van der Waals surface area contributed by atoms with E-state index in [0.717, 1.165) is 0 Å². The molecule has 1 unspecified atom stereocenters. The maximum absolute atomic E-state index is 14.0. The van der Waals surface area contributed by atoms with E-state index in [-0.39, 0.29) is 23.4 Å². The van der Waals surface area contributed by atoms with Gasteiger partial charge >= 0.3 is 6.09 Å². The van der Waals surface area contributed by atoms with Gasteiger partial charge in [0.05, 0.1) is 11.1 Å². The van der Waals surface area contributed by atoms with Crippen LogP contribution in [0.2, 0.25) is 5.02 Å². The van der Waals surface area contributed by atoms with Gasteiger partial charge < -0.3 is 14.8 Å². The van der Waals surface area contributed by atoms with Crippen molar-refractivity contribution in [3.8, 4) is 5.75 Å². The highest BCUT2D eigenvalue weighted by atomic mass is 79.9. The molecule has 1 atom stereocenters. The van der Waals surface area contributed by atoms with E-state index in [2.05, 4.69) is 21.2 Å². The number of alkyl carbamates (subject to hydrolysis) is 1. The second-order valence-electron chi connectivity index (χ2n) is 6.98. The van der Waals surface area contributed by atoms with Crippen LogP contribution in [0.25, 0.3) is 0 Å². The van der Waals surface area contributed by atoms with Crippen molar-refractivity contribution in [1.29, 1.82) is 0 Å². The number of benzene rings is 1. The Morgan fingerprint density at radius 2 is 2.00 bits per heavy atom. The predicted molar refractivity (Wildman–Crippen MR) is 97.2 cm³/mol. The molecule has 0 aliphatic heterocycles. The first kappa shape index (κ1) is 21.0. The van der Waals surface area contributed by atoms with Crippen LogP contribution in [0, 0.1) is 11.7 Å². The molecule has 0 aliphatic rings. The number of rotatable bonds is 6. The lowest BCUT2D eigenvalue weighted by atomic mass is 10.0. The van der Waals surface area contributed by atoms with Gasteiger partial charge in [-0.3, -0.25) is 0 Å². The average Bonchev–Trinajstić information content (AvgIpc) is 2.33. The van der Waals surface area contributed by atoms with E-state index in [1.54, 1.807) is 26.8 Å². The monoisotopic (exact) mass is 423 g/mol. The fourth-order valence-electron chi connectivity index (χ4n) is 2.06. The van der Waals surface area contributed by atoms with Crippen molar-refractivity contribution >= 4 is 33.6 Å². The molecule has 136 valence electrons. The maximum Gasteiger partial charge on any atom is 0.407 e. The third-order valence-corrected chi connectivity index (χ3v) is 3.61. The van der Waals surface area contributed by atoms with E-state index in [1.807, 2.05) is 13.8 Å². The van der Waals surface area contributed by atoms with Crippen molar-refractivity contribution in [2.45, 2.75) is 52.7 Å². The van der Waals surface area contributed by atoms with Crippen LogP contribution < -0.4 is 10.1 Å². The molecule has 7 heteroatoms. The number of hydrogen-bond donors (Lipinski definition) is 1. The Bertz CT molecular complexity index is 552. The van der Waals surface area contributed by atoms with Gasteiger partial charge in [0.15, 0.2) is 11.6 Å². The molecule has 0 radical (unpaired) electrons. The van der Waals surface area contributed by atoms with Crippen molar-refractivity contribution in [3.63, 3.8) is 0 Å². The number of carbonyl (C=O) groups excluding carboxylic acids is 1. The number of ether oxygens (including phenoxy) is 2. The van der Waals surface area contributed by atoms with Gasteiger partial charge in [-0.15, -0.1) is 0 Å². The summed E-state index contributed by atoms with van der Waals surface area (Å²) in [4.78, 5) is 11.9. The Hall–Kier alpha value is -1.01. The summed E-state index contributed by atoms with van der Waals surface area (Å²) in [6.07, 6.45) is 0.133. The normalized spacial score (nSPS) is 12.9. The first-order chi connectivity index (χ1) is 11.0. The zero-order chi connectivity index (χ0) is 18.5. The Labute approximate surface area is 156 Å². The number of halogens is 3. The summed E-state index contributed by atoms with van der Waals surface area (Å²) >= 11 is 9.18. The van der Waals surface area contributed by atoms with Crippen LogP contribution in [0.15, 0.2) is 16.6 Å². The van der Waals surface area contributed by atoms with Crippen LogP contribution in [-0.4, -0.2) is 24.3 Å². The minimum Gasteiger partial charge on any atom is -0.487 e. The van der Waals surface area contributed by atoms with Gasteiger partial charge in [0.1, 0.15) is 12.2 Å². The number of hydrogen-bond acceptors (Lipinski definition) is 3. The lowest BCUT2D eigenvalue weighted by Crippen LogP contribution is -2.42. The first-order valence-corrected chi connectivity index (χ1v) is 8.92. The quantitative estimate of drug-likeness (QED) is 0.650. The Kier molecular flexibility index (Phi) is 7.80. The molecule has 1 aromatic rings. The summed E-state index contributed by atoms with van der Waals surface area (Å²) < 4.78 is 25.3. The third kappa shape index (κ3) is 7.71. The molecule has 0 heterocycles. The summed E-state index contributed by atoms with van der Waals surface area (Å²) in [6.45, 7) is 9.51. The van der Waals surface area contributed by atoms with Crippen molar-refractivity contribution in [1.82, 2.24) is 5.32 Å². The highest BCUT2D eigenvalue weighted by molar-refractivity contribution is 9.10. The third-order valence-electron chi connectivity index (χ3n) is 2.87.